The Bertz CT molecular complexity index is 737. The van der Waals surface area contributed by atoms with Crippen LogP contribution in [0.3, 0.4) is 0 Å². The predicted octanol–water partition coefficient (Wildman–Crippen LogP) is 2.86. The second-order valence-corrected chi connectivity index (χ2v) is 8.36. The molecule has 2 aliphatic heterocycles. The third-order valence-electron chi connectivity index (χ3n) is 5.66. The first-order valence-electron chi connectivity index (χ1n) is 8.92. The Hall–Kier alpha value is -1.79. The number of hydrogen-bond acceptors (Lipinski definition) is 5. The molecule has 0 radical (unpaired) electrons. The summed E-state index contributed by atoms with van der Waals surface area (Å²) in [6.07, 6.45) is 6.54. The number of pyridine rings is 1. The number of likely N-dealkylation sites (tertiary alicyclic amines) is 2. The summed E-state index contributed by atoms with van der Waals surface area (Å²) < 4.78 is 0. The lowest BCUT2D eigenvalue weighted by molar-refractivity contribution is -0.128. The summed E-state index contributed by atoms with van der Waals surface area (Å²) in [7, 11) is 0. The molecule has 2 aromatic rings. The molecule has 2 aromatic heterocycles. The topological polar surface area (TPSA) is 49.3 Å². The Kier molecular flexibility index (Phi) is 4.56. The van der Waals surface area contributed by atoms with Crippen LogP contribution in [-0.4, -0.2) is 45.3 Å². The van der Waals surface area contributed by atoms with Gasteiger partial charge in [-0.25, -0.2) is 4.98 Å². The summed E-state index contributed by atoms with van der Waals surface area (Å²) in [6, 6.07) is 4.00. The number of piperidine rings is 1. The van der Waals surface area contributed by atoms with Crippen LogP contribution in [0.15, 0.2) is 30.0 Å². The van der Waals surface area contributed by atoms with E-state index in [-0.39, 0.29) is 5.41 Å². The zero-order chi connectivity index (χ0) is 17.3. The third-order valence-corrected chi connectivity index (χ3v) is 6.58. The highest BCUT2D eigenvalue weighted by molar-refractivity contribution is 7.09. The summed E-state index contributed by atoms with van der Waals surface area (Å²) >= 11 is 1.75. The highest BCUT2D eigenvalue weighted by Crippen LogP contribution is 2.41. The lowest BCUT2D eigenvalue weighted by Crippen LogP contribution is -2.41. The van der Waals surface area contributed by atoms with Crippen LogP contribution in [0.5, 0.6) is 0 Å². The monoisotopic (exact) mass is 356 g/mol. The molecule has 132 valence electrons. The summed E-state index contributed by atoms with van der Waals surface area (Å²) in [5.41, 5.74) is 4.44. The Labute approximate surface area is 152 Å². The van der Waals surface area contributed by atoms with Gasteiger partial charge in [-0.1, -0.05) is 0 Å². The maximum absolute atomic E-state index is 12.5. The number of amides is 1. The molecule has 1 amide bonds. The fourth-order valence-electron chi connectivity index (χ4n) is 4.04. The van der Waals surface area contributed by atoms with Crippen LogP contribution in [-0.2, 0) is 17.9 Å². The van der Waals surface area contributed by atoms with Crippen molar-refractivity contribution in [1.29, 1.82) is 0 Å². The van der Waals surface area contributed by atoms with Gasteiger partial charge in [0.1, 0.15) is 0 Å². The average Bonchev–Trinajstić information content (AvgIpc) is 3.15. The first-order valence-corrected chi connectivity index (χ1v) is 9.80. The van der Waals surface area contributed by atoms with Crippen LogP contribution in [0, 0.1) is 12.3 Å². The van der Waals surface area contributed by atoms with Gasteiger partial charge in [0, 0.05) is 43.3 Å². The van der Waals surface area contributed by atoms with Crippen molar-refractivity contribution < 1.29 is 4.79 Å². The van der Waals surface area contributed by atoms with Gasteiger partial charge in [-0.3, -0.25) is 14.7 Å². The maximum atomic E-state index is 12.5. The van der Waals surface area contributed by atoms with Crippen LogP contribution < -0.4 is 0 Å². The van der Waals surface area contributed by atoms with Gasteiger partial charge in [-0.05, 0) is 56.0 Å². The number of rotatable bonds is 4. The van der Waals surface area contributed by atoms with Crippen molar-refractivity contribution >= 4 is 17.2 Å². The summed E-state index contributed by atoms with van der Waals surface area (Å²) in [5.74, 6) is 0.309. The summed E-state index contributed by atoms with van der Waals surface area (Å²) in [6.45, 7) is 6.86. The Balaban J connectivity index is 1.35. The molecule has 4 rings (SSSR count). The molecule has 0 N–H and O–H groups in total. The van der Waals surface area contributed by atoms with Gasteiger partial charge in [0.2, 0.25) is 5.91 Å². The normalized spacial score (nSPS) is 20.5. The predicted molar refractivity (Wildman–Crippen MR) is 98.1 cm³/mol. The fraction of sp³-hybridized carbons (Fsp3) is 0.526. The van der Waals surface area contributed by atoms with Crippen LogP contribution in [0.4, 0.5) is 0 Å². The minimum atomic E-state index is 0.184. The molecule has 0 saturated carbocycles. The van der Waals surface area contributed by atoms with Crippen molar-refractivity contribution in [2.24, 2.45) is 5.41 Å². The van der Waals surface area contributed by atoms with Crippen LogP contribution in [0.2, 0.25) is 0 Å². The molecule has 1 spiro atoms. The number of carbonyl (C=O) groups excluding carboxylic acids is 1. The quantitative estimate of drug-likeness (QED) is 0.845. The zero-order valence-electron chi connectivity index (χ0n) is 14.6. The van der Waals surface area contributed by atoms with E-state index < -0.39 is 0 Å². The maximum Gasteiger partial charge on any atom is 0.223 e. The standard InChI is InChI=1S/C19H24N4OS/c1-15-17(25-14-21-15)12-22-8-4-19(5-9-22)10-18(24)23(13-19)11-16-2-6-20-7-3-16/h2-3,6-7,14H,4-5,8-13H2,1H3. The van der Waals surface area contributed by atoms with Crippen LogP contribution >= 0.6 is 11.3 Å². The van der Waals surface area contributed by atoms with Crippen molar-refractivity contribution in [3.8, 4) is 0 Å². The van der Waals surface area contributed by atoms with Gasteiger partial charge < -0.3 is 4.90 Å². The van der Waals surface area contributed by atoms with Gasteiger partial charge in [0.05, 0.1) is 11.2 Å². The van der Waals surface area contributed by atoms with Crippen LogP contribution in [0.25, 0.3) is 0 Å². The molecule has 2 fully saturated rings. The van der Waals surface area contributed by atoms with E-state index in [1.165, 1.54) is 10.4 Å². The highest BCUT2D eigenvalue weighted by Gasteiger charge is 2.44. The summed E-state index contributed by atoms with van der Waals surface area (Å²) in [4.78, 5) is 26.9. The lowest BCUT2D eigenvalue weighted by atomic mass is 9.77. The number of thiazole rings is 1. The van der Waals surface area contributed by atoms with E-state index in [1.807, 2.05) is 22.5 Å². The number of hydrogen-bond donors (Lipinski definition) is 0. The fourth-order valence-corrected chi connectivity index (χ4v) is 4.85. The minimum absolute atomic E-state index is 0.184. The van der Waals surface area contributed by atoms with Gasteiger partial charge in [-0.15, -0.1) is 11.3 Å². The van der Waals surface area contributed by atoms with Gasteiger partial charge in [0.15, 0.2) is 0 Å². The Morgan fingerprint density at radius 1 is 1.20 bits per heavy atom. The molecule has 0 aromatic carbocycles. The second-order valence-electron chi connectivity index (χ2n) is 7.42. The van der Waals surface area contributed by atoms with Crippen LogP contribution in [0.1, 0.15) is 35.4 Å². The van der Waals surface area contributed by atoms with E-state index in [4.69, 9.17) is 0 Å². The lowest BCUT2D eigenvalue weighted by Gasteiger charge is -2.38. The number of nitrogens with zero attached hydrogens (tertiary/aromatic N) is 4. The second kappa shape index (κ2) is 6.84. The van der Waals surface area contributed by atoms with Crippen molar-refractivity contribution in [3.63, 3.8) is 0 Å². The first kappa shape index (κ1) is 16.7. The first-order chi connectivity index (χ1) is 12.1. The SMILES string of the molecule is Cc1ncsc1CN1CCC2(CC1)CC(=O)N(Cc1ccncc1)C2. The molecule has 0 unspecified atom stereocenters. The molecule has 0 bridgehead atoms. The van der Waals surface area contributed by atoms with Gasteiger partial charge in [-0.2, -0.15) is 0 Å². The average molecular weight is 356 g/mol. The zero-order valence-corrected chi connectivity index (χ0v) is 15.5. The number of aromatic nitrogens is 2. The number of carbonyl (C=O) groups is 1. The smallest absolute Gasteiger partial charge is 0.223 e. The molecule has 0 aliphatic carbocycles. The molecule has 6 heteroatoms. The molecule has 0 atom stereocenters. The Morgan fingerprint density at radius 2 is 1.96 bits per heavy atom. The van der Waals surface area contributed by atoms with E-state index in [2.05, 4.69) is 21.8 Å². The van der Waals surface area contributed by atoms with Crippen molar-refractivity contribution in [3.05, 3.63) is 46.2 Å². The largest absolute Gasteiger partial charge is 0.338 e. The molecule has 5 nitrogen and oxygen atoms in total. The number of aryl methyl sites for hydroxylation is 1. The molecular formula is C19H24N4OS. The van der Waals surface area contributed by atoms with E-state index in [0.717, 1.165) is 44.7 Å². The molecule has 25 heavy (non-hydrogen) atoms. The van der Waals surface area contributed by atoms with Crippen molar-refractivity contribution in [2.45, 2.75) is 39.3 Å². The highest BCUT2D eigenvalue weighted by atomic mass is 32.1. The molecular weight excluding hydrogens is 332 g/mol. The summed E-state index contributed by atoms with van der Waals surface area (Å²) in [5, 5.41) is 0. The van der Waals surface area contributed by atoms with E-state index in [1.54, 1.807) is 23.7 Å². The van der Waals surface area contributed by atoms with Gasteiger partial charge >= 0.3 is 0 Å². The van der Waals surface area contributed by atoms with Crippen molar-refractivity contribution in [1.82, 2.24) is 19.8 Å². The van der Waals surface area contributed by atoms with E-state index in [0.29, 0.717) is 18.9 Å². The third kappa shape index (κ3) is 3.60. The molecule has 2 saturated heterocycles. The molecule has 4 heterocycles. The van der Waals surface area contributed by atoms with Gasteiger partial charge in [0.25, 0.3) is 0 Å². The van der Waals surface area contributed by atoms with E-state index >= 15 is 0 Å². The van der Waals surface area contributed by atoms with E-state index in [9.17, 15) is 4.79 Å². The van der Waals surface area contributed by atoms with Crippen molar-refractivity contribution in [2.75, 3.05) is 19.6 Å². The minimum Gasteiger partial charge on any atom is -0.338 e. The molecule has 2 aliphatic rings. The Morgan fingerprint density at radius 3 is 2.64 bits per heavy atom.